The van der Waals surface area contributed by atoms with Gasteiger partial charge in [0.25, 0.3) is 5.91 Å². The molecule has 0 saturated carbocycles. The fraction of sp³-hybridized carbons (Fsp3) is 0.526. The molecule has 2 aliphatic rings. The highest BCUT2D eigenvalue weighted by atomic mass is 16.5. The summed E-state index contributed by atoms with van der Waals surface area (Å²) in [5.74, 6) is -0.923. The molecule has 7 heteroatoms. The molecule has 3 rings (SSSR count). The lowest BCUT2D eigenvalue weighted by molar-refractivity contribution is -0.125. The van der Waals surface area contributed by atoms with E-state index in [1.807, 2.05) is 19.9 Å². The normalized spacial score (nSPS) is 18.2. The number of hydrogen-bond acceptors (Lipinski definition) is 5. The van der Waals surface area contributed by atoms with E-state index in [4.69, 9.17) is 4.74 Å². The summed E-state index contributed by atoms with van der Waals surface area (Å²) in [6, 6.07) is 5.09. The topological polar surface area (TPSA) is 87.7 Å². The summed E-state index contributed by atoms with van der Waals surface area (Å²) in [6.07, 6.45) is 3.49. The zero-order chi connectivity index (χ0) is 18.7. The van der Waals surface area contributed by atoms with Crippen LogP contribution in [-0.2, 0) is 14.3 Å². The monoisotopic (exact) mass is 359 g/mol. The van der Waals surface area contributed by atoms with E-state index >= 15 is 0 Å². The van der Waals surface area contributed by atoms with Crippen molar-refractivity contribution in [2.24, 2.45) is 0 Å². The van der Waals surface area contributed by atoms with Gasteiger partial charge in [-0.3, -0.25) is 9.59 Å². The van der Waals surface area contributed by atoms with Crippen molar-refractivity contribution in [1.29, 1.82) is 0 Å². The first-order valence-electron chi connectivity index (χ1n) is 9.21. The van der Waals surface area contributed by atoms with Crippen molar-refractivity contribution in [2.45, 2.75) is 51.6 Å². The second kappa shape index (κ2) is 7.76. The number of nitrogens with one attached hydrogen (secondary N) is 2. The fourth-order valence-corrected chi connectivity index (χ4v) is 3.53. The second-order valence-electron chi connectivity index (χ2n) is 6.73. The number of carbonyl (C=O) groups excluding carboxylic acids is 3. The molecule has 7 nitrogen and oxygen atoms in total. The minimum absolute atomic E-state index is 0.0370. The molecule has 2 heterocycles. The predicted molar refractivity (Wildman–Crippen MR) is 98.2 cm³/mol. The Morgan fingerprint density at radius 2 is 2.12 bits per heavy atom. The summed E-state index contributed by atoms with van der Waals surface area (Å²) in [5, 5.41) is 5.69. The molecule has 2 amide bonds. The van der Waals surface area contributed by atoms with Crippen LogP contribution in [0.5, 0.6) is 0 Å². The van der Waals surface area contributed by atoms with E-state index < -0.39 is 5.97 Å². The maximum Gasteiger partial charge on any atom is 0.338 e. The molecular formula is C19H25N3O4. The highest BCUT2D eigenvalue weighted by Gasteiger charge is 2.36. The molecule has 140 valence electrons. The standard InChI is InChI=1S/C19H25N3O4/c1-3-13(4-2)20-17(23)11-26-19(25)12-7-8-15-14(10-12)21-18(24)16-6-5-9-22(15)16/h7-8,10,13,16H,3-6,9,11H2,1-2H3,(H,20,23)(H,21,24)/t16-/m1/s1. The number of fused-ring (bicyclic) bond motifs is 3. The predicted octanol–water partition coefficient (Wildman–Crippen LogP) is 2.07. The van der Waals surface area contributed by atoms with Crippen molar-refractivity contribution in [2.75, 3.05) is 23.4 Å². The lowest BCUT2D eigenvalue weighted by atomic mass is 10.1. The molecule has 0 spiro atoms. The summed E-state index contributed by atoms with van der Waals surface area (Å²) in [6.45, 7) is 4.51. The van der Waals surface area contributed by atoms with Gasteiger partial charge < -0.3 is 20.3 Å². The van der Waals surface area contributed by atoms with Crippen LogP contribution in [0.1, 0.15) is 49.9 Å². The van der Waals surface area contributed by atoms with Gasteiger partial charge in [0, 0.05) is 12.6 Å². The summed E-state index contributed by atoms with van der Waals surface area (Å²) in [7, 11) is 0. The van der Waals surface area contributed by atoms with Crippen LogP contribution >= 0.6 is 0 Å². The summed E-state index contributed by atoms with van der Waals surface area (Å²) < 4.78 is 5.11. The molecular weight excluding hydrogens is 334 g/mol. The van der Waals surface area contributed by atoms with Crippen LogP contribution in [0.2, 0.25) is 0 Å². The van der Waals surface area contributed by atoms with Crippen LogP contribution < -0.4 is 15.5 Å². The van der Waals surface area contributed by atoms with Crippen LogP contribution in [0.15, 0.2) is 18.2 Å². The van der Waals surface area contributed by atoms with E-state index in [2.05, 4.69) is 15.5 Å². The van der Waals surface area contributed by atoms with Gasteiger partial charge in [-0.2, -0.15) is 0 Å². The number of amides is 2. The third-order valence-corrected chi connectivity index (χ3v) is 5.04. The van der Waals surface area contributed by atoms with Gasteiger partial charge in [0.15, 0.2) is 6.61 Å². The first-order valence-corrected chi connectivity index (χ1v) is 9.21. The van der Waals surface area contributed by atoms with Crippen molar-refractivity contribution in [3.8, 4) is 0 Å². The number of hydrogen-bond donors (Lipinski definition) is 2. The van der Waals surface area contributed by atoms with Crippen LogP contribution in [-0.4, -0.2) is 43.0 Å². The van der Waals surface area contributed by atoms with Gasteiger partial charge in [0.2, 0.25) is 5.91 Å². The van der Waals surface area contributed by atoms with Gasteiger partial charge in [-0.25, -0.2) is 4.79 Å². The van der Waals surface area contributed by atoms with Gasteiger partial charge >= 0.3 is 5.97 Å². The maximum absolute atomic E-state index is 12.2. The Morgan fingerprint density at radius 1 is 1.35 bits per heavy atom. The highest BCUT2D eigenvalue weighted by molar-refractivity contribution is 6.05. The van der Waals surface area contributed by atoms with Crippen molar-refractivity contribution in [1.82, 2.24) is 5.32 Å². The summed E-state index contributed by atoms with van der Waals surface area (Å²) >= 11 is 0. The van der Waals surface area contributed by atoms with Crippen LogP contribution in [0, 0.1) is 0 Å². The lowest BCUT2D eigenvalue weighted by Crippen LogP contribution is -2.43. The first-order chi connectivity index (χ1) is 12.5. The first kappa shape index (κ1) is 18.2. The molecule has 2 aliphatic heterocycles. The van der Waals surface area contributed by atoms with Crippen molar-refractivity contribution < 1.29 is 19.1 Å². The van der Waals surface area contributed by atoms with E-state index in [1.165, 1.54) is 0 Å². The Labute approximate surface area is 153 Å². The molecule has 0 aliphatic carbocycles. The Balaban J connectivity index is 1.63. The van der Waals surface area contributed by atoms with Crippen LogP contribution in [0.3, 0.4) is 0 Å². The molecule has 1 aromatic rings. The molecule has 0 aromatic heterocycles. The third kappa shape index (κ3) is 3.66. The van der Waals surface area contributed by atoms with E-state index in [9.17, 15) is 14.4 Å². The number of benzene rings is 1. The number of anilines is 2. The maximum atomic E-state index is 12.2. The molecule has 0 unspecified atom stereocenters. The molecule has 0 bridgehead atoms. The molecule has 26 heavy (non-hydrogen) atoms. The van der Waals surface area contributed by atoms with Crippen molar-refractivity contribution >= 4 is 29.2 Å². The quantitative estimate of drug-likeness (QED) is 0.759. The number of rotatable bonds is 6. The molecule has 2 N–H and O–H groups in total. The number of nitrogens with zero attached hydrogens (tertiary/aromatic N) is 1. The van der Waals surface area contributed by atoms with Gasteiger partial charge in [-0.15, -0.1) is 0 Å². The average molecular weight is 359 g/mol. The smallest absolute Gasteiger partial charge is 0.338 e. The third-order valence-electron chi connectivity index (χ3n) is 5.04. The van der Waals surface area contributed by atoms with E-state index in [-0.39, 0.29) is 30.5 Å². The molecule has 1 atom stereocenters. The lowest BCUT2D eigenvalue weighted by Gasteiger charge is -2.33. The zero-order valence-electron chi connectivity index (χ0n) is 15.2. The zero-order valence-corrected chi connectivity index (χ0v) is 15.2. The molecule has 0 radical (unpaired) electrons. The number of esters is 1. The van der Waals surface area contributed by atoms with E-state index in [0.717, 1.165) is 37.9 Å². The van der Waals surface area contributed by atoms with Gasteiger partial charge in [-0.05, 0) is 43.9 Å². The van der Waals surface area contributed by atoms with Gasteiger partial charge in [-0.1, -0.05) is 13.8 Å². The van der Waals surface area contributed by atoms with Crippen molar-refractivity contribution in [3.63, 3.8) is 0 Å². The largest absolute Gasteiger partial charge is 0.452 e. The highest BCUT2D eigenvalue weighted by Crippen LogP contribution is 2.37. The number of ether oxygens (including phenoxy) is 1. The van der Waals surface area contributed by atoms with Crippen LogP contribution in [0.4, 0.5) is 11.4 Å². The molecule has 1 fully saturated rings. The SMILES string of the molecule is CCC(CC)NC(=O)COC(=O)c1ccc2c(c1)NC(=O)[C@H]1CCCN21. The minimum atomic E-state index is -0.578. The second-order valence-corrected chi connectivity index (χ2v) is 6.73. The Kier molecular flexibility index (Phi) is 5.44. The molecule has 1 saturated heterocycles. The molecule has 1 aromatic carbocycles. The summed E-state index contributed by atoms with van der Waals surface area (Å²) in [4.78, 5) is 38.3. The van der Waals surface area contributed by atoms with Gasteiger partial charge in [0.1, 0.15) is 6.04 Å². The van der Waals surface area contributed by atoms with Gasteiger partial charge in [0.05, 0.1) is 16.9 Å². The Hall–Kier alpha value is -2.57. The van der Waals surface area contributed by atoms with E-state index in [1.54, 1.807) is 12.1 Å². The van der Waals surface area contributed by atoms with E-state index in [0.29, 0.717) is 11.3 Å². The Morgan fingerprint density at radius 3 is 2.85 bits per heavy atom. The Bertz CT molecular complexity index is 715. The average Bonchev–Trinajstić information content (AvgIpc) is 3.14. The summed E-state index contributed by atoms with van der Waals surface area (Å²) in [5.41, 5.74) is 1.86. The minimum Gasteiger partial charge on any atom is -0.452 e. The van der Waals surface area contributed by atoms with Crippen molar-refractivity contribution in [3.05, 3.63) is 23.8 Å². The fourth-order valence-electron chi connectivity index (χ4n) is 3.53. The number of carbonyl (C=O) groups is 3. The van der Waals surface area contributed by atoms with Crippen LogP contribution in [0.25, 0.3) is 0 Å².